The molecule has 0 radical (unpaired) electrons. The average Bonchev–Trinajstić information content (AvgIpc) is 2.60. The monoisotopic (exact) mass is 362 g/mol. The SMILES string of the molecule is COc1ccc(C(=O)C=CNc2ccc(S(N)(=O)=O)cc2)c(OC)c1. The lowest BCUT2D eigenvalue weighted by molar-refractivity contribution is 0.104. The molecule has 3 N–H and O–H groups in total. The van der Waals surface area contributed by atoms with Gasteiger partial charge in [-0.3, -0.25) is 4.79 Å². The molecule has 0 atom stereocenters. The molecule has 0 heterocycles. The molecule has 0 unspecified atom stereocenters. The lowest BCUT2D eigenvalue weighted by atomic mass is 10.1. The van der Waals surface area contributed by atoms with Crippen molar-refractivity contribution < 1.29 is 22.7 Å². The largest absolute Gasteiger partial charge is 0.497 e. The van der Waals surface area contributed by atoms with Gasteiger partial charge in [0.1, 0.15) is 11.5 Å². The molecule has 2 aromatic rings. The molecule has 8 heteroatoms. The van der Waals surface area contributed by atoms with Crippen LogP contribution in [0.3, 0.4) is 0 Å². The quantitative estimate of drug-likeness (QED) is 0.577. The summed E-state index contributed by atoms with van der Waals surface area (Å²) in [5.41, 5.74) is 1.00. The molecule has 0 aliphatic rings. The van der Waals surface area contributed by atoms with Crippen LogP contribution in [-0.2, 0) is 10.0 Å². The number of benzene rings is 2. The van der Waals surface area contributed by atoms with Crippen molar-refractivity contribution in [2.24, 2.45) is 5.14 Å². The van der Waals surface area contributed by atoms with Crippen molar-refractivity contribution in [3.8, 4) is 11.5 Å². The summed E-state index contributed by atoms with van der Waals surface area (Å²) in [7, 11) is -0.725. The van der Waals surface area contributed by atoms with Gasteiger partial charge in [-0.25, -0.2) is 13.6 Å². The number of hydrogen-bond acceptors (Lipinski definition) is 6. The first-order valence-electron chi connectivity index (χ1n) is 7.17. The van der Waals surface area contributed by atoms with Gasteiger partial charge in [-0.15, -0.1) is 0 Å². The Balaban J connectivity index is 2.08. The molecular weight excluding hydrogens is 344 g/mol. The van der Waals surface area contributed by atoms with Crippen LogP contribution in [0, 0.1) is 0 Å². The minimum atomic E-state index is -3.73. The van der Waals surface area contributed by atoms with Crippen LogP contribution in [0.4, 0.5) is 5.69 Å². The summed E-state index contributed by atoms with van der Waals surface area (Å²) in [5.74, 6) is 0.741. The van der Waals surface area contributed by atoms with Crippen molar-refractivity contribution in [1.29, 1.82) is 0 Å². The van der Waals surface area contributed by atoms with Gasteiger partial charge in [0.05, 0.1) is 24.7 Å². The highest BCUT2D eigenvalue weighted by molar-refractivity contribution is 7.89. The van der Waals surface area contributed by atoms with Gasteiger partial charge >= 0.3 is 0 Å². The Morgan fingerprint density at radius 2 is 1.76 bits per heavy atom. The van der Waals surface area contributed by atoms with E-state index in [-0.39, 0.29) is 10.7 Å². The summed E-state index contributed by atoms with van der Waals surface area (Å²) in [6.45, 7) is 0. The van der Waals surface area contributed by atoms with Gasteiger partial charge in [-0.05, 0) is 36.4 Å². The number of methoxy groups -OCH3 is 2. The van der Waals surface area contributed by atoms with Crippen molar-refractivity contribution in [2.45, 2.75) is 4.90 Å². The number of primary sulfonamides is 1. The zero-order valence-corrected chi connectivity index (χ0v) is 14.5. The van der Waals surface area contributed by atoms with Crippen LogP contribution in [0.25, 0.3) is 0 Å². The molecule has 0 bridgehead atoms. The molecule has 0 saturated carbocycles. The molecule has 7 nitrogen and oxygen atoms in total. The number of allylic oxidation sites excluding steroid dienone is 1. The lowest BCUT2D eigenvalue weighted by Crippen LogP contribution is -2.11. The van der Waals surface area contributed by atoms with E-state index in [0.29, 0.717) is 22.7 Å². The predicted octanol–water partition coefficient (Wildman–Crippen LogP) is 2.16. The Kier molecular flexibility index (Phi) is 5.79. The van der Waals surface area contributed by atoms with Crippen molar-refractivity contribution in [1.82, 2.24) is 0 Å². The highest BCUT2D eigenvalue weighted by Gasteiger charge is 2.11. The smallest absolute Gasteiger partial charge is 0.238 e. The molecule has 0 aromatic heterocycles. The average molecular weight is 362 g/mol. The summed E-state index contributed by atoms with van der Waals surface area (Å²) >= 11 is 0. The Bertz CT molecular complexity index is 890. The summed E-state index contributed by atoms with van der Waals surface area (Å²) in [6, 6.07) is 10.7. The zero-order chi connectivity index (χ0) is 18.4. The van der Waals surface area contributed by atoms with Gasteiger partial charge in [-0.2, -0.15) is 0 Å². The van der Waals surface area contributed by atoms with Crippen LogP contribution in [0.15, 0.2) is 59.6 Å². The maximum absolute atomic E-state index is 12.3. The van der Waals surface area contributed by atoms with Gasteiger partial charge < -0.3 is 14.8 Å². The number of rotatable bonds is 7. The third-order valence-corrected chi connectivity index (χ3v) is 4.27. The third-order valence-electron chi connectivity index (χ3n) is 3.34. The lowest BCUT2D eigenvalue weighted by Gasteiger charge is -2.08. The highest BCUT2D eigenvalue weighted by atomic mass is 32.2. The van der Waals surface area contributed by atoms with E-state index in [4.69, 9.17) is 14.6 Å². The molecule has 0 amide bonds. The summed E-state index contributed by atoms with van der Waals surface area (Å²) in [5, 5.41) is 7.91. The van der Waals surface area contributed by atoms with E-state index in [1.54, 1.807) is 30.3 Å². The molecule has 0 spiro atoms. The Labute approximate surface area is 146 Å². The van der Waals surface area contributed by atoms with Gasteiger partial charge in [0.25, 0.3) is 0 Å². The molecule has 0 fully saturated rings. The molecule has 2 aromatic carbocycles. The number of nitrogens with one attached hydrogen (secondary N) is 1. The maximum Gasteiger partial charge on any atom is 0.238 e. The first kappa shape index (κ1) is 18.5. The third kappa shape index (κ3) is 4.82. The molecule has 0 saturated heterocycles. The highest BCUT2D eigenvalue weighted by Crippen LogP contribution is 2.25. The second kappa shape index (κ2) is 7.82. The molecule has 25 heavy (non-hydrogen) atoms. The first-order chi connectivity index (χ1) is 11.8. The molecule has 2 rings (SSSR count). The summed E-state index contributed by atoms with van der Waals surface area (Å²) in [6.07, 6.45) is 2.80. The number of hydrogen-bond donors (Lipinski definition) is 2. The van der Waals surface area contributed by atoms with Crippen molar-refractivity contribution >= 4 is 21.5 Å². The fourth-order valence-corrected chi connectivity index (χ4v) is 2.56. The van der Waals surface area contributed by atoms with Crippen molar-refractivity contribution in [3.63, 3.8) is 0 Å². The van der Waals surface area contributed by atoms with E-state index in [1.807, 2.05) is 0 Å². The van der Waals surface area contributed by atoms with Gasteiger partial charge in [0.2, 0.25) is 10.0 Å². The molecule has 0 aliphatic heterocycles. The van der Waals surface area contributed by atoms with Gasteiger partial charge in [-0.1, -0.05) is 0 Å². The van der Waals surface area contributed by atoms with E-state index >= 15 is 0 Å². The number of carbonyl (C=O) groups is 1. The van der Waals surface area contributed by atoms with Crippen LogP contribution in [0.1, 0.15) is 10.4 Å². The van der Waals surface area contributed by atoms with E-state index in [9.17, 15) is 13.2 Å². The Hall–Kier alpha value is -2.84. The van der Waals surface area contributed by atoms with Crippen LogP contribution in [0.5, 0.6) is 11.5 Å². The van der Waals surface area contributed by atoms with E-state index in [2.05, 4.69) is 5.32 Å². The van der Waals surface area contributed by atoms with Crippen LogP contribution < -0.4 is 19.9 Å². The second-order valence-corrected chi connectivity index (χ2v) is 6.54. The standard InChI is InChI=1S/C17H18N2O5S/c1-23-13-5-8-15(17(11-13)24-2)16(20)9-10-19-12-3-6-14(7-4-12)25(18,21)22/h3-11,19H,1-2H3,(H2,18,21,22). The molecule has 132 valence electrons. The summed E-state index contributed by atoms with van der Waals surface area (Å²) < 4.78 is 32.7. The topological polar surface area (TPSA) is 108 Å². The Morgan fingerprint density at radius 1 is 1.08 bits per heavy atom. The van der Waals surface area contributed by atoms with Gasteiger partial charge in [0.15, 0.2) is 5.78 Å². The number of nitrogens with two attached hydrogens (primary N) is 1. The zero-order valence-electron chi connectivity index (χ0n) is 13.7. The van der Waals surface area contributed by atoms with Crippen LogP contribution >= 0.6 is 0 Å². The fourth-order valence-electron chi connectivity index (χ4n) is 2.05. The minimum Gasteiger partial charge on any atom is -0.497 e. The van der Waals surface area contributed by atoms with E-state index in [0.717, 1.165) is 0 Å². The molecular formula is C17H18N2O5S. The predicted molar refractivity (Wildman–Crippen MR) is 94.5 cm³/mol. The number of sulfonamides is 1. The fraction of sp³-hybridized carbons (Fsp3) is 0.118. The summed E-state index contributed by atoms with van der Waals surface area (Å²) in [4.78, 5) is 12.3. The number of ketones is 1. The Morgan fingerprint density at radius 3 is 2.32 bits per heavy atom. The number of carbonyl (C=O) groups excluding carboxylic acids is 1. The first-order valence-corrected chi connectivity index (χ1v) is 8.72. The van der Waals surface area contributed by atoms with Crippen LogP contribution in [-0.4, -0.2) is 28.4 Å². The van der Waals surface area contributed by atoms with Crippen LogP contribution in [0.2, 0.25) is 0 Å². The van der Waals surface area contributed by atoms with Crippen molar-refractivity contribution in [2.75, 3.05) is 19.5 Å². The second-order valence-electron chi connectivity index (χ2n) is 4.98. The van der Waals surface area contributed by atoms with Gasteiger partial charge in [0, 0.05) is 24.0 Å². The van der Waals surface area contributed by atoms with Crippen molar-refractivity contribution in [3.05, 3.63) is 60.3 Å². The van der Waals surface area contributed by atoms with E-state index in [1.165, 1.54) is 38.6 Å². The van der Waals surface area contributed by atoms with E-state index < -0.39 is 10.0 Å². The number of anilines is 1. The normalized spacial score (nSPS) is 11.3. The minimum absolute atomic E-state index is 0.0149. The number of ether oxygens (including phenoxy) is 2. The maximum atomic E-state index is 12.3. The molecule has 0 aliphatic carbocycles.